The molecule has 2 aromatic rings. The minimum Gasteiger partial charge on any atom is -0.497 e. The molecule has 0 aliphatic carbocycles. The summed E-state index contributed by atoms with van der Waals surface area (Å²) in [5.41, 5.74) is -0.811. The summed E-state index contributed by atoms with van der Waals surface area (Å²) in [6, 6.07) is 14.2. The van der Waals surface area contributed by atoms with Gasteiger partial charge in [-0.3, -0.25) is 9.69 Å². The van der Waals surface area contributed by atoms with Crippen LogP contribution in [-0.4, -0.2) is 49.3 Å². The second kappa shape index (κ2) is 9.98. The number of alkyl halides is 3. The number of nitrogens with zero attached hydrogens (tertiary/aromatic N) is 2. The van der Waals surface area contributed by atoms with Crippen molar-refractivity contribution >= 4 is 11.6 Å². The first-order chi connectivity index (χ1) is 15.9. The molecule has 34 heavy (non-hydrogen) atoms. The molecule has 1 aliphatic rings. The van der Waals surface area contributed by atoms with E-state index in [-0.39, 0.29) is 25.0 Å². The molecule has 2 atom stereocenters. The van der Waals surface area contributed by atoms with Crippen LogP contribution in [0.4, 0.5) is 18.9 Å². The highest BCUT2D eigenvalue weighted by Gasteiger charge is 2.63. The van der Waals surface area contributed by atoms with Crippen molar-refractivity contribution in [3.63, 3.8) is 0 Å². The third-order valence-corrected chi connectivity index (χ3v) is 7.11. The van der Waals surface area contributed by atoms with Crippen LogP contribution in [0.3, 0.4) is 0 Å². The zero-order valence-electron chi connectivity index (χ0n) is 20.8. The van der Waals surface area contributed by atoms with Crippen molar-refractivity contribution in [2.45, 2.75) is 65.2 Å². The van der Waals surface area contributed by atoms with Crippen LogP contribution in [0, 0.1) is 5.41 Å². The zero-order chi connectivity index (χ0) is 25.3. The number of carbonyl (C=O) groups is 1. The Balaban J connectivity index is 2.12. The molecule has 1 aliphatic heterocycles. The number of para-hydroxylation sites is 1. The normalized spacial score (nSPS) is 21.2. The maximum Gasteiger partial charge on any atom is 0.403 e. The highest BCUT2D eigenvalue weighted by Crippen LogP contribution is 2.54. The molecule has 0 aromatic heterocycles. The molecule has 0 fully saturated rings. The van der Waals surface area contributed by atoms with Gasteiger partial charge in [-0.2, -0.15) is 13.2 Å². The number of ether oxygens (including phenoxy) is 1. The number of benzene rings is 2. The van der Waals surface area contributed by atoms with Crippen molar-refractivity contribution in [2.75, 3.05) is 25.1 Å². The average Bonchev–Trinajstić information content (AvgIpc) is 2.87. The predicted octanol–water partition coefficient (Wildman–Crippen LogP) is 6.06. The first-order valence-electron chi connectivity index (χ1n) is 11.8. The van der Waals surface area contributed by atoms with Crippen LogP contribution in [0.25, 0.3) is 0 Å². The Bertz CT molecular complexity index is 980. The van der Waals surface area contributed by atoms with E-state index in [0.29, 0.717) is 23.5 Å². The fourth-order valence-corrected chi connectivity index (χ4v) is 5.07. The van der Waals surface area contributed by atoms with E-state index >= 15 is 0 Å². The lowest BCUT2D eigenvalue weighted by Gasteiger charge is -2.40. The van der Waals surface area contributed by atoms with Gasteiger partial charge in [-0.1, -0.05) is 30.3 Å². The summed E-state index contributed by atoms with van der Waals surface area (Å²) in [7, 11) is 1.51. The smallest absolute Gasteiger partial charge is 0.403 e. The summed E-state index contributed by atoms with van der Waals surface area (Å²) in [6.07, 6.45) is -4.62. The molecule has 0 radical (unpaired) electrons. The molecular formula is C27H35F3N2O2. The molecule has 2 unspecified atom stereocenters. The number of hydrogen-bond donors (Lipinski definition) is 0. The van der Waals surface area contributed by atoms with Gasteiger partial charge in [0, 0.05) is 36.8 Å². The fourth-order valence-electron chi connectivity index (χ4n) is 5.07. The fraction of sp³-hybridized carbons (Fsp3) is 0.519. The van der Waals surface area contributed by atoms with Gasteiger partial charge in [0.15, 0.2) is 0 Å². The molecule has 7 heteroatoms. The number of fused-ring (bicyclic) bond motifs is 1. The van der Waals surface area contributed by atoms with Crippen LogP contribution in [0.1, 0.15) is 51.7 Å². The second-order valence-electron chi connectivity index (χ2n) is 9.74. The lowest BCUT2D eigenvalue weighted by atomic mass is 9.70. The summed E-state index contributed by atoms with van der Waals surface area (Å²) in [4.78, 5) is 17.5. The van der Waals surface area contributed by atoms with Gasteiger partial charge >= 0.3 is 6.18 Å². The van der Waals surface area contributed by atoms with Crippen molar-refractivity contribution in [3.8, 4) is 5.75 Å². The molecular weight excluding hydrogens is 441 g/mol. The Morgan fingerprint density at radius 3 is 2.18 bits per heavy atom. The first-order valence-corrected chi connectivity index (χ1v) is 11.8. The quantitative estimate of drug-likeness (QED) is 0.487. The third-order valence-electron chi connectivity index (χ3n) is 7.11. The molecule has 1 amide bonds. The van der Waals surface area contributed by atoms with Gasteiger partial charge in [-0.25, -0.2) is 0 Å². The number of hydrogen-bond acceptors (Lipinski definition) is 3. The summed E-state index contributed by atoms with van der Waals surface area (Å²) in [5, 5.41) is 0. The Labute approximate surface area is 200 Å². The summed E-state index contributed by atoms with van der Waals surface area (Å²) in [6.45, 7) is 9.94. The first kappa shape index (κ1) is 26.1. The molecule has 0 saturated heterocycles. The summed E-state index contributed by atoms with van der Waals surface area (Å²) in [5.74, 6) is -1.41. The number of anilines is 1. The van der Waals surface area contributed by atoms with E-state index in [0.717, 1.165) is 12.5 Å². The molecule has 186 valence electrons. The number of amides is 1. The number of carbonyl (C=O) groups excluding carboxylic acids is 1. The highest BCUT2D eigenvalue weighted by molar-refractivity contribution is 6.00. The summed E-state index contributed by atoms with van der Waals surface area (Å²) < 4.78 is 49.6. The van der Waals surface area contributed by atoms with E-state index < -0.39 is 23.4 Å². The Hall–Kier alpha value is -2.54. The molecule has 2 aromatic carbocycles. The van der Waals surface area contributed by atoms with E-state index in [2.05, 4.69) is 32.6 Å². The summed E-state index contributed by atoms with van der Waals surface area (Å²) >= 11 is 0. The highest BCUT2D eigenvalue weighted by atomic mass is 19.4. The van der Waals surface area contributed by atoms with Crippen molar-refractivity contribution < 1.29 is 22.7 Å². The monoisotopic (exact) mass is 476 g/mol. The van der Waals surface area contributed by atoms with Crippen molar-refractivity contribution in [3.05, 3.63) is 59.7 Å². The average molecular weight is 477 g/mol. The van der Waals surface area contributed by atoms with Gasteiger partial charge in [0.25, 0.3) is 0 Å². The minimum absolute atomic E-state index is 0.110. The van der Waals surface area contributed by atoms with E-state index in [1.807, 2.05) is 12.1 Å². The molecule has 0 saturated carbocycles. The predicted molar refractivity (Wildman–Crippen MR) is 129 cm³/mol. The van der Waals surface area contributed by atoms with Gasteiger partial charge < -0.3 is 9.64 Å². The Kier molecular flexibility index (Phi) is 7.65. The van der Waals surface area contributed by atoms with Crippen molar-refractivity contribution in [2.24, 2.45) is 5.41 Å². The van der Waals surface area contributed by atoms with Crippen LogP contribution < -0.4 is 9.64 Å². The molecule has 3 rings (SSSR count). The topological polar surface area (TPSA) is 32.8 Å². The van der Waals surface area contributed by atoms with Crippen molar-refractivity contribution in [1.82, 2.24) is 4.90 Å². The minimum atomic E-state index is -4.73. The van der Waals surface area contributed by atoms with Crippen molar-refractivity contribution in [1.29, 1.82) is 0 Å². The largest absolute Gasteiger partial charge is 0.497 e. The second-order valence-corrected chi connectivity index (χ2v) is 9.74. The lowest BCUT2D eigenvalue weighted by Crippen LogP contribution is -2.55. The molecule has 0 bridgehead atoms. The molecule has 4 nitrogen and oxygen atoms in total. The van der Waals surface area contributed by atoms with Gasteiger partial charge in [0.1, 0.15) is 11.2 Å². The third kappa shape index (κ3) is 4.81. The maximum absolute atomic E-state index is 14.8. The van der Waals surface area contributed by atoms with E-state index in [1.165, 1.54) is 12.0 Å². The number of halogens is 3. The Morgan fingerprint density at radius 1 is 1.06 bits per heavy atom. The van der Waals surface area contributed by atoms with E-state index in [1.54, 1.807) is 36.4 Å². The van der Waals surface area contributed by atoms with Crippen LogP contribution in [0.15, 0.2) is 48.5 Å². The van der Waals surface area contributed by atoms with Gasteiger partial charge in [-0.15, -0.1) is 0 Å². The van der Waals surface area contributed by atoms with Gasteiger partial charge in [0.2, 0.25) is 5.91 Å². The van der Waals surface area contributed by atoms with E-state index in [4.69, 9.17) is 4.74 Å². The van der Waals surface area contributed by atoms with Crippen LogP contribution in [0.5, 0.6) is 5.75 Å². The number of methoxy groups -OCH3 is 1. The standard InChI is InChI=1S/C27H35F3N2O2/c1-18(2)31(19(3)4)15-16-32-24-10-8-7-9-21(24)17-23(20-11-13-22(34-6)14-12-20)26(5,25(32)33)27(28,29)30/h7-14,18-19,23H,15-17H2,1-6H3. The molecule has 0 spiro atoms. The molecule has 0 N–H and O–H groups in total. The molecule has 1 heterocycles. The van der Waals surface area contributed by atoms with Gasteiger partial charge in [-0.05, 0) is 70.4 Å². The maximum atomic E-state index is 14.8. The zero-order valence-corrected chi connectivity index (χ0v) is 20.8. The van der Waals surface area contributed by atoms with Crippen LogP contribution in [-0.2, 0) is 11.2 Å². The van der Waals surface area contributed by atoms with Crippen LogP contribution in [0.2, 0.25) is 0 Å². The van der Waals surface area contributed by atoms with E-state index in [9.17, 15) is 18.0 Å². The number of rotatable bonds is 7. The lowest BCUT2D eigenvalue weighted by molar-refractivity contribution is -0.221. The Morgan fingerprint density at radius 2 is 1.65 bits per heavy atom. The van der Waals surface area contributed by atoms with Crippen LogP contribution >= 0.6 is 0 Å². The SMILES string of the molecule is COc1ccc(C2Cc3ccccc3N(CCN(C(C)C)C(C)C)C(=O)C2(C)C(F)(F)F)cc1. The van der Waals surface area contributed by atoms with Gasteiger partial charge in [0.05, 0.1) is 7.11 Å².